The van der Waals surface area contributed by atoms with E-state index >= 15 is 0 Å². The maximum Gasteiger partial charge on any atom is 0.176 e. The van der Waals surface area contributed by atoms with Gasteiger partial charge in [-0.2, -0.15) is 0 Å². The lowest BCUT2D eigenvalue weighted by Crippen LogP contribution is -2.24. The minimum atomic E-state index is 0.0917. The zero-order valence-electron chi connectivity index (χ0n) is 11.1. The van der Waals surface area contributed by atoms with Gasteiger partial charge in [-0.25, -0.2) is 0 Å². The Morgan fingerprint density at radius 2 is 2.00 bits per heavy atom. The summed E-state index contributed by atoms with van der Waals surface area (Å²) < 4.78 is 10.3. The first-order valence-electron chi connectivity index (χ1n) is 6.23. The van der Waals surface area contributed by atoms with Crippen LogP contribution in [0.3, 0.4) is 0 Å². The van der Waals surface area contributed by atoms with E-state index in [1.807, 2.05) is 6.92 Å². The molecule has 1 aromatic carbocycles. The summed E-state index contributed by atoms with van der Waals surface area (Å²) in [5, 5.41) is 3.11. The van der Waals surface area contributed by atoms with Crippen molar-refractivity contribution in [1.29, 1.82) is 0 Å². The summed E-state index contributed by atoms with van der Waals surface area (Å²) in [7, 11) is 1.61. The number of methoxy groups -OCH3 is 1. The summed E-state index contributed by atoms with van der Waals surface area (Å²) >= 11 is 0. The number of hydrogen-bond donors (Lipinski definition) is 1. The normalized spacial score (nSPS) is 10.3. The number of hydrogen-bond acceptors (Lipinski definition) is 4. The first-order valence-corrected chi connectivity index (χ1v) is 6.23. The first-order chi connectivity index (χ1) is 8.77. The SMILES string of the molecule is CCOCCCNCC(=O)c1ccc(OC)cc1. The van der Waals surface area contributed by atoms with Gasteiger partial charge in [-0.05, 0) is 44.2 Å². The summed E-state index contributed by atoms with van der Waals surface area (Å²) in [5.74, 6) is 0.852. The summed E-state index contributed by atoms with van der Waals surface area (Å²) in [5.41, 5.74) is 0.702. The highest BCUT2D eigenvalue weighted by molar-refractivity contribution is 5.97. The standard InChI is InChI=1S/C14H21NO3/c1-3-18-10-4-9-15-11-14(16)12-5-7-13(17-2)8-6-12/h5-8,15H,3-4,9-11H2,1-2H3. The first kappa shape index (κ1) is 14.7. The molecule has 0 aromatic heterocycles. The van der Waals surface area contributed by atoms with Gasteiger partial charge in [0.2, 0.25) is 0 Å². The van der Waals surface area contributed by atoms with E-state index < -0.39 is 0 Å². The fraction of sp³-hybridized carbons (Fsp3) is 0.500. The number of carbonyl (C=O) groups excluding carboxylic acids is 1. The van der Waals surface area contributed by atoms with Crippen molar-refractivity contribution in [3.63, 3.8) is 0 Å². The lowest BCUT2D eigenvalue weighted by Gasteiger charge is -2.05. The van der Waals surface area contributed by atoms with Crippen LogP contribution in [0.2, 0.25) is 0 Å². The van der Waals surface area contributed by atoms with E-state index in [1.165, 1.54) is 0 Å². The van der Waals surface area contributed by atoms with Crippen molar-refractivity contribution in [2.75, 3.05) is 33.4 Å². The van der Waals surface area contributed by atoms with Crippen LogP contribution >= 0.6 is 0 Å². The van der Waals surface area contributed by atoms with Gasteiger partial charge in [-0.15, -0.1) is 0 Å². The number of ether oxygens (including phenoxy) is 2. The van der Waals surface area contributed by atoms with Gasteiger partial charge in [0.1, 0.15) is 5.75 Å². The Hall–Kier alpha value is -1.39. The molecule has 0 saturated heterocycles. The maximum atomic E-state index is 11.8. The number of nitrogens with one attached hydrogen (secondary N) is 1. The van der Waals surface area contributed by atoms with Crippen LogP contribution in [0.15, 0.2) is 24.3 Å². The summed E-state index contributed by atoms with van der Waals surface area (Å²) in [4.78, 5) is 11.8. The quantitative estimate of drug-likeness (QED) is 0.538. The van der Waals surface area contributed by atoms with Crippen molar-refractivity contribution in [1.82, 2.24) is 5.32 Å². The van der Waals surface area contributed by atoms with E-state index in [0.29, 0.717) is 12.1 Å². The van der Waals surface area contributed by atoms with Crippen LogP contribution in [0, 0.1) is 0 Å². The molecule has 0 heterocycles. The van der Waals surface area contributed by atoms with Gasteiger partial charge in [0.15, 0.2) is 5.78 Å². The van der Waals surface area contributed by atoms with Gasteiger partial charge >= 0.3 is 0 Å². The van der Waals surface area contributed by atoms with Crippen molar-refractivity contribution in [3.05, 3.63) is 29.8 Å². The average Bonchev–Trinajstić information content (AvgIpc) is 2.42. The number of rotatable bonds is 9. The zero-order valence-corrected chi connectivity index (χ0v) is 11.1. The second-order valence-corrected chi connectivity index (χ2v) is 3.88. The van der Waals surface area contributed by atoms with E-state index in [9.17, 15) is 4.79 Å². The number of ketones is 1. The third-order valence-corrected chi connectivity index (χ3v) is 2.54. The molecule has 1 rings (SSSR count). The number of benzene rings is 1. The largest absolute Gasteiger partial charge is 0.497 e. The van der Waals surface area contributed by atoms with Gasteiger partial charge in [0.05, 0.1) is 13.7 Å². The van der Waals surface area contributed by atoms with Crippen LogP contribution < -0.4 is 10.1 Å². The Balaban J connectivity index is 2.23. The second kappa shape index (κ2) is 8.66. The highest BCUT2D eigenvalue weighted by Gasteiger charge is 2.04. The molecule has 0 radical (unpaired) electrons. The van der Waals surface area contributed by atoms with Crippen LogP contribution in [0.25, 0.3) is 0 Å². The van der Waals surface area contributed by atoms with Crippen LogP contribution in [0.1, 0.15) is 23.7 Å². The third kappa shape index (κ3) is 5.29. The molecule has 1 aromatic rings. The topological polar surface area (TPSA) is 47.6 Å². The smallest absolute Gasteiger partial charge is 0.176 e. The van der Waals surface area contributed by atoms with Crippen LogP contribution in [-0.2, 0) is 4.74 Å². The fourth-order valence-electron chi connectivity index (χ4n) is 1.52. The van der Waals surface area contributed by atoms with Gasteiger partial charge < -0.3 is 14.8 Å². The van der Waals surface area contributed by atoms with Crippen molar-refractivity contribution in [2.24, 2.45) is 0 Å². The molecule has 0 amide bonds. The van der Waals surface area contributed by atoms with Gasteiger partial charge in [0.25, 0.3) is 0 Å². The van der Waals surface area contributed by atoms with E-state index in [2.05, 4.69) is 5.32 Å². The second-order valence-electron chi connectivity index (χ2n) is 3.88. The van der Waals surface area contributed by atoms with Crippen molar-refractivity contribution in [3.8, 4) is 5.75 Å². The molecule has 0 spiro atoms. The molecule has 0 fully saturated rings. The Bertz CT molecular complexity index is 349. The minimum absolute atomic E-state index is 0.0917. The maximum absolute atomic E-state index is 11.8. The van der Waals surface area contributed by atoms with E-state index in [-0.39, 0.29) is 5.78 Å². The molecule has 0 aliphatic carbocycles. The lowest BCUT2D eigenvalue weighted by atomic mass is 10.1. The molecule has 0 atom stereocenters. The highest BCUT2D eigenvalue weighted by atomic mass is 16.5. The van der Waals surface area contributed by atoms with E-state index in [1.54, 1.807) is 31.4 Å². The predicted octanol–water partition coefficient (Wildman–Crippen LogP) is 1.89. The third-order valence-electron chi connectivity index (χ3n) is 2.54. The van der Waals surface area contributed by atoms with Gasteiger partial charge in [0, 0.05) is 18.8 Å². The number of Topliss-reactive ketones (excluding diaryl/α,β-unsaturated/α-hetero) is 1. The molecule has 18 heavy (non-hydrogen) atoms. The Labute approximate surface area is 108 Å². The van der Waals surface area contributed by atoms with Crippen molar-refractivity contribution < 1.29 is 14.3 Å². The van der Waals surface area contributed by atoms with E-state index in [4.69, 9.17) is 9.47 Å². The molecule has 4 heteroatoms. The molecule has 0 unspecified atom stereocenters. The van der Waals surface area contributed by atoms with Gasteiger partial charge in [-0.3, -0.25) is 4.79 Å². The summed E-state index contributed by atoms with van der Waals surface area (Å²) in [6.45, 7) is 4.60. The summed E-state index contributed by atoms with van der Waals surface area (Å²) in [6.07, 6.45) is 0.920. The van der Waals surface area contributed by atoms with E-state index in [0.717, 1.165) is 31.9 Å². The molecular weight excluding hydrogens is 230 g/mol. The van der Waals surface area contributed by atoms with Gasteiger partial charge in [-0.1, -0.05) is 0 Å². The van der Waals surface area contributed by atoms with Crippen LogP contribution in [0.4, 0.5) is 0 Å². The molecular formula is C14H21NO3. The average molecular weight is 251 g/mol. The molecule has 4 nitrogen and oxygen atoms in total. The monoisotopic (exact) mass is 251 g/mol. The predicted molar refractivity (Wildman–Crippen MR) is 71.3 cm³/mol. The summed E-state index contributed by atoms with van der Waals surface area (Å²) in [6, 6.07) is 7.15. The Kier molecular flexibility index (Phi) is 7.06. The number of carbonyl (C=O) groups is 1. The van der Waals surface area contributed by atoms with Crippen LogP contribution in [0.5, 0.6) is 5.75 Å². The molecule has 0 aliphatic rings. The highest BCUT2D eigenvalue weighted by Crippen LogP contribution is 2.11. The molecule has 0 saturated carbocycles. The molecule has 100 valence electrons. The van der Waals surface area contributed by atoms with Crippen molar-refractivity contribution >= 4 is 5.78 Å². The molecule has 0 bridgehead atoms. The Morgan fingerprint density at radius 3 is 2.61 bits per heavy atom. The van der Waals surface area contributed by atoms with Crippen molar-refractivity contribution in [2.45, 2.75) is 13.3 Å². The minimum Gasteiger partial charge on any atom is -0.497 e. The zero-order chi connectivity index (χ0) is 13.2. The molecule has 1 N–H and O–H groups in total. The fourth-order valence-corrected chi connectivity index (χ4v) is 1.52. The Morgan fingerprint density at radius 1 is 1.28 bits per heavy atom. The van der Waals surface area contributed by atoms with Crippen LogP contribution in [-0.4, -0.2) is 39.2 Å². The lowest BCUT2D eigenvalue weighted by molar-refractivity contribution is 0.0988. The molecule has 0 aliphatic heterocycles.